The molecule has 0 aromatic carbocycles. The maximum Gasteiger partial charge on any atom is 0.165 e. The highest BCUT2D eigenvalue weighted by Crippen LogP contribution is 2.20. The van der Waals surface area contributed by atoms with Crippen LogP contribution in [0.25, 0.3) is 0 Å². The van der Waals surface area contributed by atoms with E-state index in [0.717, 1.165) is 13.0 Å². The van der Waals surface area contributed by atoms with E-state index in [1.165, 1.54) is 6.07 Å². The zero-order valence-electron chi connectivity index (χ0n) is 8.11. The predicted octanol–water partition coefficient (Wildman–Crippen LogP) is 1.45. The Hall–Kier alpha value is -1.16. The minimum atomic E-state index is -0.276. The van der Waals surface area contributed by atoms with E-state index in [2.05, 4.69) is 4.98 Å². The first-order valence-electron chi connectivity index (χ1n) is 4.70. The van der Waals surface area contributed by atoms with Gasteiger partial charge in [0.05, 0.1) is 12.6 Å². The fraction of sp³-hybridized carbons (Fsp3) is 0.500. The number of hydrogen-bond acceptors (Lipinski definition) is 3. The van der Waals surface area contributed by atoms with Gasteiger partial charge in [-0.05, 0) is 18.6 Å². The standard InChI is InChI=1S/C10H13FN2O/c1-13(8-4-6-14-7-8)10-9(11)3-2-5-12-10/h2-3,5,8H,4,6-7H2,1H3/t8-/m0/s1. The number of likely N-dealkylation sites (N-methyl/N-ethyl adjacent to an activating group) is 1. The summed E-state index contributed by atoms with van der Waals surface area (Å²) in [5.74, 6) is 0.130. The minimum absolute atomic E-state index is 0.249. The van der Waals surface area contributed by atoms with E-state index in [1.807, 2.05) is 11.9 Å². The van der Waals surface area contributed by atoms with E-state index >= 15 is 0 Å². The highest BCUT2D eigenvalue weighted by atomic mass is 19.1. The van der Waals surface area contributed by atoms with Crippen LogP contribution in [0.2, 0.25) is 0 Å². The highest BCUT2D eigenvalue weighted by Gasteiger charge is 2.22. The third kappa shape index (κ3) is 1.70. The van der Waals surface area contributed by atoms with Crippen molar-refractivity contribution >= 4 is 5.82 Å². The Balaban J connectivity index is 2.17. The Bertz CT molecular complexity index is 313. The Morgan fingerprint density at radius 2 is 2.50 bits per heavy atom. The lowest BCUT2D eigenvalue weighted by Crippen LogP contribution is -2.33. The first-order chi connectivity index (χ1) is 6.79. The van der Waals surface area contributed by atoms with Crippen molar-refractivity contribution in [2.45, 2.75) is 12.5 Å². The molecule has 2 rings (SSSR count). The molecule has 0 unspecified atom stereocenters. The largest absolute Gasteiger partial charge is 0.379 e. The summed E-state index contributed by atoms with van der Waals surface area (Å²) >= 11 is 0. The Morgan fingerprint density at radius 3 is 3.14 bits per heavy atom. The van der Waals surface area contributed by atoms with Crippen LogP contribution in [0.5, 0.6) is 0 Å². The van der Waals surface area contributed by atoms with E-state index in [4.69, 9.17) is 4.74 Å². The maximum absolute atomic E-state index is 13.3. The molecule has 4 heteroatoms. The summed E-state index contributed by atoms with van der Waals surface area (Å²) in [5, 5.41) is 0. The van der Waals surface area contributed by atoms with Crippen molar-refractivity contribution in [3.63, 3.8) is 0 Å². The van der Waals surface area contributed by atoms with Crippen molar-refractivity contribution in [3.8, 4) is 0 Å². The molecule has 76 valence electrons. The van der Waals surface area contributed by atoms with Crippen molar-refractivity contribution in [1.29, 1.82) is 0 Å². The molecular weight excluding hydrogens is 183 g/mol. The monoisotopic (exact) mass is 196 g/mol. The second-order valence-electron chi connectivity index (χ2n) is 3.44. The van der Waals surface area contributed by atoms with Crippen LogP contribution in [0.4, 0.5) is 10.2 Å². The fourth-order valence-corrected chi connectivity index (χ4v) is 1.64. The lowest BCUT2D eigenvalue weighted by molar-refractivity contribution is 0.193. The first kappa shape index (κ1) is 9.40. The Labute approximate surface area is 82.5 Å². The lowest BCUT2D eigenvalue weighted by Gasteiger charge is -2.24. The average Bonchev–Trinajstić information content (AvgIpc) is 2.70. The molecule has 1 aromatic rings. The normalized spacial score (nSPS) is 21.1. The summed E-state index contributed by atoms with van der Waals surface area (Å²) in [6.45, 7) is 1.41. The minimum Gasteiger partial charge on any atom is -0.379 e. The Morgan fingerprint density at radius 1 is 1.64 bits per heavy atom. The zero-order chi connectivity index (χ0) is 9.97. The van der Waals surface area contributed by atoms with Crippen LogP contribution in [0.15, 0.2) is 18.3 Å². The third-order valence-corrected chi connectivity index (χ3v) is 2.53. The molecule has 0 saturated carbocycles. The molecule has 0 N–H and O–H groups in total. The van der Waals surface area contributed by atoms with E-state index in [0.29, 0.717) is 12.4 Å². The van der Waals surface area contributed by atoms with E-state index in [1.54, 1.807) is 12.3 Å². The number of aromatic nitrogens is 1. The van der Waals surface area contributed by atoms with Crippen LogP contribution in [-0.4, -0.2) is 31.3 Å². The molecule has 1 atom stereocenters. The number of halogens is 1. The number of rotatable bonds is 2. The molecule has 1 aliphatic rings. The van der Waals surface area contributed by atoms with Crippen LogP contribution in [-0.2, 0) is 4.74 Å². The van der Waals surface area contributed by atoms with Gasteiger partial charge in [0.15, 0.2) is 11.6 Å². The maximum atomic E-state index is 13.3. The van der Waals surface area contributed by atoms with E-state index < -0.39 is 0 Å². The first-order valence-corrected chi connectivity index (χ1v) is 4.70. The predicted molar refractivity (Wildman–Crippen MR) is 51.8 cm³/mol. The summed E-state index contributed by atoms with van der Waals surface area (Å²) in [5.41, 5.74) is 0. The molecule has 0 amide bonds. The van der Waals surface area contributed by atoms with Gasteiger partial charge < -0.3 is 9.64 Å². The second kappa shape index (κ2) is 3.92. The van der Waals surface area contributed by atoms with Gasteiger partial charge in [0.25, 0.3) is 0 Å². The summed E-state index contributed by atoms with van der Waals surface area (Å²) < 4.78 is 18.6. The van der Waals surface area contributed by atoms with Crippen LogP contribution in [0, 0.1) is 5.82 Å². The van der Waals surface area contributed by atoms with Crippen molar-refractivity contribution in [3.05, 3.63) is 24.1 Å². The van der Waals surface area contributed by atoms with Crippen LogP contribution in [0.1, 0.15) is 6.42 Å². The van der Waals surface area contributed by atoms with Crippen LogP contribution in [0.3, 0.4) is 0 Å². The van der Waals surface area contributed by atoms with Crippen LogP contribution < -0.4 is 4.90 Å². The fourth-order valence-electron chi connectivity index (χ4n) is 1.64. The second-order valence-corrected chi connectivity index (χ2v) is 3.44. The quantitative estimate of drug-likeness (QED) is 0.715. The molecule has 3 nitrogen and oxygen atoms in total. The van der Waals surface area contributed by atoms with Gasteiger partial charge in [-0.15, -0.1) is 0 Å². The molecule has 1 saturated heterocycles. The van der Waals surface area contributed by atoms with Gasteiger partial charge in [0.1, 0.15) is 0 Å². The molecule has 0 radical (unpaired) electrons. The lowest BCUT2D eigenvalue weighted by atomic mass is 10.2. The molecule has 0 spiro atoms. The van der Waals surface area contributed by atoms with Gasteiger partial charge in [0.2, 0.25) is 0 Å². The summed E-state index contributed by atoms with van der Waals surface area (Å²) in [7, 11) is 1.85. The number of nitrogens with zero attached hydrogens (tertiary/aromatic N) is 2. The Kier molecular flexibility index (Phi) is 2.63. The van der Waals surface area contributed by atoms with Gasteiger partial charge >= 0.3 is 0 Å². The summed E-state index contributed by atoms with van der Waals surface area (Å²) in [6, 6.07) is 3.27. The van der Waals surface area contributed by atoms with Crippen molar-refractivity contribution in [2.24, 2.45) is 0 Å². The number of anilines is 1. The molecule has 2 heterocycles. The number of hydrogen-bond donors (Lipinski definition) is 0. The zero-order valence-corrected chi connectivity index (χ0v) is 8.11. The van der Waals surface area contributed by atoms with Crippen molar-refractivity contribution < 1.29 is 9.13 Å². The molecule has 14 heavy (non-hydrogen) atoms. The molecule has 0 aliphatic carbocycles. The van der Waals surface area contributed by atoms with Gasteiger partial charge in [-0.2, -0.15) is 0 Å². The summed E-state index contributed by atoms with van der Waals surface area (Å²) in [6.07, 6.45) is 2.54. The van der Waals surface area contributed by atoms with Crippen molar-refractivity contribution in [1.82, 2.24) is 4.98 Å². The van der Waals surface area contributed by atoms with Gasteiger partial charge in [0, 0.05) is 19.9 Å². The third-order valence-electron chi connectivity index (χ3n) is 2.53. The number of pyridine rings is 1. The van der Waals surface area contributed by atoms with Gasteiger partial charge in [-0.3, -0.25) is 0 Å². The SMILES string of the molecule is CN(c1ncccc1F)[C@H]1CCOC1. The molecule has 0 bridgehead atoms. The van der Waals surface area contributed by atoms with Crippen LogP contribution >= 0.6 is 0 Å². The summed E-state index contributed by atoms with van der Waals surface area (Å²) in [4.78, 5) is 5.87. The van der Waals surface area contributed by atoms with Gasteiger partial charge in [-0.1, -0.05) is 0 Å². The van der Waals surface area contributed by atoms with Gasteiger partial charge in [-0.25, -0.2) is 9.37 Å². The average molecular weight is 196 g/mol. The smallest absolute Gasteiger partial charge is 0.165 e. The molecule has 1 aromatic heterocycles. The molecule has 1 aliphatic heterocycles. The highest BCUT2D eigenvalue weighted by molar-refractivity contribution is 5.39. The van der Waals surface area contributed by atoms with E-state index in [9.17, 15) is 4.39 Å². The van der Waals surface area contributed by atoms with Crippen molar-refractivity contribution in [2.75, 3.05) is 25.2 Å². The molecular formula is C10H13FN2O. The molecule has 1 fully saturated rings. The number of ether oxygens (including phenoxy) is 1. The topological polar surface area (TPSA) is 25.4 Å². The van der Waals surface area contributed by atoms with E-state index in [-0.39, 0.29) is 11.9 Å².